The van der Waals surface area contributed by atoms with Crippen molar-refractivity contribution in [1.82, 2.24) is 15.0 Å². The lowest BCUT2D eigenvalue weighted by Gasteiger charge is -2.36. The van der Waals surface area contributed by atoms with E-state index in [1.165, 1.54) is 11.1 Å². The third-order valence-corrected chi connectivity index (χ3v) is 4.83. The Kier molecular flexibility index (Phi) is 4.60. The molecular formula is C22H22N4O. The molecule has 0 saturated heterocycles. The van der Waals surface area contributed by atoms with Gasteiger partial charge >= 0.3 is 6.03 Å². The monoisotopic (exact) mass is 358 g/mol. The van der Waals surface area contributed by atoms with Crippen LogP contribution in [-0.4, -0.2) is 28.1 Å². The van der Waals surface area contributed by atoms with E-state index >= 15 is 0 Å². The first-order valence-corrected chi connectivity index (χ1v) is 8.98. The number of amides is 2. The largest absolute Gasteiger partial charge is 0.336 e. The highest BCUT2D eigenvalue weighted by Gasteiger charge is 2.26. The summed E-state index contributed by atoms with van der Waals surface area (Å²) in [5, 5.41) is 6.65. The molecule has 0 radical (unpaired) electrons. The van der Waals surface area contributed by atoms with Gasteiger partial charge in [-0.2, -0.15) is 0 Å². The zero-order valence-electron chi connectivity index (χ0n) is 15.5. The fraction of sp³-hybridized carbons (Fsp3) is 0.182. The summed E-state index contributed by atoms with van der Waals surface area (Å²) in [5.41, 5.74) is 6.61. The Labute approximate surface area is 159 Å². The molecule has 0 bridgehead atoms. The number of pyridine rings is 1. The topological polar surface area (TPSA) is 48.5 Å². The molecule has 2 heterocycles. The van der Waals surface area contributed by atoms with E-state index in [1.807, 2.05) is 36.5 Å². The second kappa shape index (κ2) is 7.21. The molecule has 27 heavy (non-hydrogen) atoms. The van der Waals surface area contributed by atoms with Crippen LogP contribution in [0.3, 0.4) is 0 Å². The molecule has 1 aliphatic heterocycles. The average Bonchev–Trinajstić information content (AvgIpc) is 2.68. The number of hydrazine groups is 1. The number of anilines is 1. The SMILES string of the molecule is Cc1ccc(-c2ccc3c(c2)CN(N(C)Cc2cccnc2)C(=O)N3)cc1. The summed E-state index contributed by atoms with van der Waals surface area (Å²) in [7, 11) is 1.92. The van der Waals surface area contributed by atoms with Crippen LogP contribution in [0, 0.1) is 6.92 Å². The first-order valence-electron chi connectivity index (χ1n) is 8.98. The van der Waals surface area contributed by atoms with Crippen molar-refractivity contribution in [3.05, 3.63) is 83.7 Å². The Morgan fingerprint density at radius 3 is 2.63 bits per heavy atom. The Balaban J connectivity index is 1.57. The molecule has 4 rings (SSSR count). The van der Waals surface area contributed by atoms with Gasteiger partial charge in [-0.1, -0.05) is 42.0 Å². The summed E-state index contributed by atoms with van der Waals surface area (Å²) in [6.45, 7) is 3.24. The lowest BCUT2D eigenvalue weighted by molar-refractivity contribution is 0.0288. The zero-order chi connectivity index (χ0) is 18.8. The van der Waals surface area contributed by atoms with Crippen molar-refractivity contribution in [1.29, 1.82) is 0 Å². The van der Waals surface area contributed by atoms with Gasteiger partial charge in [-0.05, 0) is 47.4 Å². The van der Waals surface area contributed by atoms with Crippen molar-refractivity contribution in [2.45, 2.75) is 20.0 Å². The van der Waals surface area contributed by atoms with Gasteiger partial charge < -0.3 is 5.32 Å². The van der Waals surface area contributed by atoms with Crippen LogP contribution in [0.2, 0.25) is 0 Å². The highest BCUT2D eigenvalue weighted by Crippen LogP contribution is 2.30. The number of hydrogen-bond donors (Lipinski definition) is 1. The third kappa shape index (κ3) is 3.68. The maximum absolute atomic E-state index is 12.5. The number of benzene rings is 2. The number of carbonyl (C=O) groups excluding carboxylic acids is 1. The molecule has 0 fully saturated rings. The maximum atomic E-state index is 12.5. The van der Waals surface area contributed by atoms with Crippen molar-refractivity contribution in [2.24, 2.45) is 0 Å². The van der Waals surface area contributed by atoms with Crippen LogP contribution >= 0.6 is 0 Å². The number of rotatable bonds is 4. The third-order valence-electron chi connectivity index (χ3n) is 4.83. The van der Waals surface area contributed by atoms with Gasteiger partial charge in [0.15, 0.2) is 0 Å². The molecule has 3 aromatic rings. The summed E-state index contributed by atoms with van der Waals surface area (Å²) in [4.78, 5) is 16.7. The van der Waals surface area contributed by atoms with Crippen molar-refractivity contribution in [3.63, 3.8) is 0 Å². The van der Waals surface area contributed by atoms with Gasteiger partial charge in [0.05, 0.1) is 6.54 Å². The summed E-state index contributed by atoms with van der Waals surface area (Å²) in [5.74, 6) is 0. The number of hydrogen-bond acceptors (Lipinski definition) is 3. The average molecular weight is 358 g/mol. The molecule has 2 aromatic carbocycles. The highest BCUT2D eigenvalue weighted by molar-refractivity contribution is 5.92. The summed E-state index contributed by atoms with van der Waals surface area (Å²) < 4.78 is 0. The first kappa shape index (κ1) is 17.2. The van der Waals surface area contributed by atoms with Crippen LogP contribution in [0.1, 0.15) is 16.7 Å². The second-order valence-electron chi connectivity index (χ2n) is 6.90. The number of aryl methyl sites for hydroxylation is 1. The van der Waals surface area contributed by atoms with Crippen LogP contribution in [0.5, 0.6) is 0 Å². The predicted molar refractivity (Wildman–Crippen MR) is 107 cm³/mol. The van der Waals surface area contributed by atoms with E-state index in [0.29, 0.717) is 13.1 Å². The minimum Gasteiger partial charge on any atom is -0.306 e. The van der Waals surface area contributed by atoms with Gasteiger partial charge in [-0.3, -0.25) is 9.99 Å². The van der Waals surface area contributed by atoms with Crippen LogP contribution in [0.25, 0.3) is 11.1 Å². The van der Waals surface area contributed by atoms with Crippen LogP contribution in [0.15, 0.2) is 67.0 Å². The molecule has 2 amide bonds. The van der Waals surface area contributed by atoms with Gasteiger partial charge in [-0.25, -0.2) is 9.80 Å². The van der Waals surface area contributed by atoms with Crippen LogP contribution in [-0.2, 0) is 13.1 Å². The number of nitrogens with one attached hydrogen (secondary N) is 1. The van der Waals surface area contributed by atoms with Gasteiger partial charge in [0, 0.05) is 31.7 Å². The van der Waals surface area contributed by atoms with E-state index in [4.69, 9.17) is 0 Å². The van der Waals surface area contributed by atoms with Gasteiger partial charge in [0.1, 0.15) is 0 Å². The highest BCUT2D eigenvalue weighted by atomic mass is 16.2. The molecule has 1 aromatic heterocycles. The first-order chi connectivity index (χ1) is 13.1. The fourth-order valence-electron chi connectivity index (χ4n) is 3.30. The Bertz CT molecular complexity index is 954. The molecule has 0 atom stereocenters. The fourth-order valence-corrected chi connectivity index (χ4v) is 3.30. The minimum atomic E-state index is -0.114. The van der Waals surface area contributed by atoms with Crippen molar-refractivity contribution in [2.75, 3.05) is 12.4 Å². The molecule has 136 valence electrons. The predicted octanol–water partition coefficient (Wildman–Crippen LogP) is 4.45. The normalized spacial score (nSPS) is 13.4. The number of nitrogens with zero attached hydrogens (tertiary/aromatic N) is 3. The smallest absolute Gasteiger partial charge is 0.306 e. The van der Waals surface area contributed by atoms with Gasteiger partial charge in [-0.15, -0.1) is 0 Å². The number of fused-ring (bicyclic) bond motifs is 1. The molecule has 0 saturated carbocycles. The molecule has 1 N–H and O–H groups in total. The molecule has 5 heteroatoms. The van der Waals surface area contributed by atoms with E-state index in [1.54, 1.807) is 11.2 Å². The molecule has 0 aliphatic carbocycles. The van der Waals surface area contributed by atoms with Crippen molar-refractivity contribution >= 4 is 11.7 Å². The minimum absolute atomic E-state index is 0.114. The molecule has 0 spiro atoms. The molecule has 0 unspecified atom stereocenters. The van der Waals surface area contributed by atoms with Crippen LogP contribution < -0.4 is 5.32 Å². The lowest BCUT2D eigenvalue weighted by atomic mass is 10.00. The second-order valence-corrected chi connectivity index (χ2v) is 6.90. The Morgan fingerprint density at radius 2 is 1.89 bits per heavy atom. The zero-order valence-corrected chi connectivity index (χ0v) is 15.5. The van der Waals surface area contributed by atoms with E-state index in [2.05, 4.69) is 53.6 Å². The molecule has 5 nitrogen and oxygen atoms in total. The van der Waals surface area contributed by atoms with Gasteiger partial charge in [0.2, 0.25) is 0 Å². The summed E-state index contributed by atoms with van der Waals surface area (Å²) in [6.07, 6.45) is 3.57. The van der Waals surface area contributed by atoms with Crippen LogP contribution in [0.4, 0.5) is 10.5 Å². The van der Waals surface area contributed by atoms with Crippen molar-refractivity contribution < 1.29 is 4.79 Å². The molecule has 1 aliphatic rings. The van der Waals surface area contributed by atoms with Gasteiger partial charge in [0.25, 0.3) is 0 Å². The molecular weight excluding hydrogens is 336 g/mol. The standard InChI is InChI=1S/C22H22N4O/c1-16-5-7-18(8-6-16)19-9-10-21-20(12-19)15-26(22(27)24-21)25(2)14-17-4-3-11-23-13-17/h3-13H,14-15H2,1-2H3,(H,24,27). The van der Waals surface area contributed by atoms with E-state index in [9.17, 15) is 4.79 Å². The number of carbonyl (C=O) groups is 1. The summed E-state index contributed by atoms with van der Waals surface area (Å²) >= 11 is 0. The van der Waals surface area contributed by atoms with E-state index in [-0.39, 0.29) is 6.03 Å². The van der Waals surface area contributed by atoms with E-state index < -0.39 is 0 Å². The Hall–Kier alpha value is -3.18. The summed E-state index contributed by atoms with van der Waals surface area (Å²) in [6, 6.07) is 18.5. The Morgan fingerprint density at radius 1 is 1.11 bits per heavy atom. The quantitative estimate of drug-likeness (QED) is 0.749. The van der Waals surface area contributed by atoms with E-state index in [0.717, 1.165) is 22.4 Å². The number of urea groups is 1. The maximum Gasteiger partial charge on any atom is 0.336 e. The van der Waals surface area contributed by atoms with Crippen molar-refractivity contribution in [3.8, 4) is 11.1 Å². The lowest BCUT2D eigenvalue weighted by Crippen LogP contribution is -2.48. The number of aromatic nitrogens is 1.